The molecular weight excluding hydrogens is 320 g/mol. The number of hydrogen-bond donors (Lipinski definition) is 1. The number of carbonyl (C=O) groups excluding carboxylic acids is 1. The highest BCUT2D eigenvalue weighted by Crippen LogP contribution is 2.29. The fourth-order valence-corrected chi connectivity index (χ4v) is 2.68. The third-order valence-electron chi connectivity index (χ3n) is 3.38. The van der Waals surface area contributed by atoms with Crippen LogP contribution in [0.3, 0.4) is 0 Å². The number of hydrogen-bond acceptors (Lipinski definition) is 4. The van der Waals surface area contributed by atoms with Gasteiger partial charge in [0.25, 0.3) is 5.91 Å². The van der Waals surface area contributed by atoms with E-state index in [4.69, 9.17) is 4.74 Å². The van der Waals surface area contributed by atoms with Gasteiger partial charge in [0.2, 0.25) is 0 Å². The van der Waals surface area contributed by atoms with E-state index in [1.807, 2.05) is 60.9 Å². The molecule has 122 valence electrons. The Morgan fingerprint density at radius 3 is 2.67 bits per heavy atom. The molecular formula is C19H18N2O2S. The minimum atomic E-state index is -0.394. The van der Waals surface area contributed by atoms with Gasteiger partial charge < -0.3 is 10.1 Å². The van der Waals surface area contributed by atoms with Gasteiger partial charge in [0.05, 0.1) is 7.11 Å². The van der Waals surface area contributed by atoms with Gasteiger partial charge in [0.15, 0.2) is 0 Å². The van der Waals surface area contributed by atoms with Gasteiger partial charge in [-0.25, -0.2) is 0 Å². The number of nitriles is 1. The van der Waals surface area contributed by atoms with Crippen molar-refractivity contribution in [2.45, 2.75) is 11.4 Å². The van der Waals surface area contributed by atoms with Gasteiger partial charge in [-0.3, -0.25) is 4.79 Å². The van der Waals surface area contributed by atoms with Gasteiger partial charge in [0, 0.05) is 11.4 Å². The molecule has 2 aromatic rings. The monoisotopic (exact) mass is 338 g/mol. The molecule has 2 aromatic carbocycles. The molecule has 0 bridgehead atoms. The van der Waals surface area contributed by atoms with Crippen molar-refractivity contribution < 1.29 is 9.53 Å². The summed E-state index contributed by atoms with van der Waals surface area (Å²) in [5.74, 6) is 0.326. The maximum atomic E-state index is 12.2. The van der Waals surface area contributed by atoms with Crippen molar-refractivity contribution in [3.8, 4) is 11.8 Å². The van der Waals surface area contributed by atoms with E-state index < -0.39 is 5.91 Å². The first kappa shape index (κ1) is 17.6. The molecule has 0 aliphatic rings. The summed E-state index contributed by atoms with van der Waals surface area (Å²) in [6.07, 6.45) is 3.53. The Morgan fingerprint density at radius 1 is 1.29 bits per heavy atom. The molecule has 1 amide bonds. The number of benzene rings is 2. The summed E-state index contributed by atoms with van der Waals surface area (Å²) in [6, 6.07) is 17.1. The van der Waals surface area contributed by atoms with Crippen LogP contribution >= 0.6 is 11.8 Å². The van der Waals surface area contributed by atoms with E-state index in [1.165, 1.54) is 0 Å². The van der Waals surface area contributed by atoms with E-state index >= 15 is 0 Å². The molecule has 1 N–H and O–H groups in total. The largest absolute Gasteiger partial charge is 0.496 e. The number of methoxy groups -OCH3 is 1. The van der Waals surface area contributed by atoms with Crippen LogP contribution in [0.2, 0.25) is 0 Å². The average Bonchev–Trinajstić information content (AvgIpc) is 2.64. The summed E-state index contributed by atoms with van der Waals surface area (Å²) in [5, 5.41) is 12.0. The first-order valence-corrected chi connectivity index (χ1v) is 8.56. The third kappa shape index (κ3) is 4.64. The summed E-state index contributed by atoms with van der Waals surface area (Å²) in [6.45, 7) is 0.382. The zero-order valence-corrected chi connectivity index (χ0v) is 14.4. The molecule has 0 aromatic heterocycles. The van der Waals surface area contributed by atoms with Crippen molar-refractivity contribution in [2.75, 3.05) is 13.4 Å². The highest BCUT2D eigenvalue weighted by molar-refractivity contribution is 7.98. The lowest BCUT2D eigenvalue weighted by atomic mass is 10.1. The minimum absolute atomic E-state index is 0.0601. The van der Waals surface area contributed by atoms with Crippen molar-refractivity contribution >= 4 is 23.7 Å². The van der Waals surface area contributed by atoms with Gasteiger partial charge >= 0.3 is 0 Å². The predicted octanol–water partition coefficient (Wildman–Crippen LogP) is 3.64. The number of ether oxygens (including phenoxy) is 1. The fraction of sp³-hybridized carbons (Fsp3) is 0.158. The maximum Gasteiger partial charge on any atom is 0.262 e. The first-order chi connectivity index (χ1) is 11.7. The molecule has 0 radical (unpaired) electrons. The standard InChI is InChI=1S/C19H18N2O2S/c1-23-17-11-15(8-9-18(17)24-2)10-16(12-20)19(22)21-13-14-6-4-3-5-7-14/h3-11H,13H2,1-2H3,(H,21,22). The van der Waals surface area contributed by atoms with E-state index in [9.17, 15) is 10.1 Å². The number of rotatable bonds is 6. The van der Waals surface area contributed by atoms with Crippen LogP contribution in [-0.4, -0.2) is 19.3 Å². The molecule has 0 aliphatic carbocycles. The third-order valence-corrected chi connectivity index (χ3v) is 4.16. The summed E-state index contributed by atoms with van der Waals surface area (Å²) in [7, 11) is 1.60. The fourth-order valence-electron chi connectivity index (χ4n) is 2.13. The Hall–Kier alpha value is -2.71. The highest BCUT2D eigenvalue weighted by Gasteiger charge is 2.10. The smallest absolute Gasteiger partial charge is 0.262 e. The molecule has 4 nitrogen and oxygen atoms in total. The van der Waals surface area contributed by atoms with Crippen molar-refractivity contribution in [2.24, 2.45) is 0 Å². The van der Waals surface area contributed by atoms with Crippen LogP contribution < -0.4 is 10.1 Å². The summed E-state index contributed by atoms with van der Waals surface area (Å²) < 4.78 is 5.32. The van der Waals surface area contributed by atoms with Crippen LogP contribution in [0.25, 0.3) is 6.08 Å². The van der Waals surface area contributed by atoms with Crippen molar-refractivity contribution in [1.82, 2.24) is 5.32 Å². The van der Waals surface area contributed by atoms with Gasteiger partial charge in [0.1, 0.15) is 17.4 Å². The molecule has 0 spiro atoms. The first-order valence-electron chi connectivity index (χ1n) is 7.34. The van der Waals surface area contributed by atoms with E-state index in [1.54, 1.807) is 24.9 Å². The molecule has 0 saturated heterocycles. The van der Waals surface area contributed by atoms with Crippen molar-refractivity contribution in [1.29, 1.82) is 5.26 Å². The number of nitrogens with zero attached hydrogens (tertiary/aromatic N) is 1. The summed E-state index contributed by atoms with van der Waals surface area (Å²) in [4.78, 5) is 13.2. The number of nitrogens with one attached hydrogen (secondary N) is 1. The van der Waals surface area contributed by atoms with Gasteiger partial charge in [-0.2, -0.15) is 5.26 Å². The van der Waals surface area contributed by atoms with E-state index in [-0.39, 0.29) is 5.57 Å². The quantitative estimate of drug-likeness (QED) is 0.496. The summed E-state index contributed by atoms with van der Waals surface area (Å²) >= 11 is 1.58. The topological polar surface area (TPSA) is 62.1 Å². The Labute approximate surface area is 146 Å². The number of carbonyl (C=O) groups is 1. The van der Waals surface area contributed by atoms with Crippen LogP contribution in [0.1, 0.15) is 11.1 Å². The van der Waals surface area contributed by atoms with Crippen molar-refractivity contribution in [3.63, 3.8) is 0 Å². The second-order valence-electron chi connectivity index (χ2n) is 4.95. The molecule has 2 rings (SSSR count). The van der Waals surface area contributed by atoms with Gasteiger partial charge in [-0.1, -0.05) is 36.4 Å². The molecule has 24 heavy (non-hydrogen) atoms. The Bertz CT molecular complexity index is 780. The molecule has 0 heterocycles. The van der Waals surface area contributed by atoms with Crippen molar-refractivity contribution in [3.05, 3.63) is 65.2 Å². The lowest BCUT2D eigenvalue weighted by Crippen LogP contribution is -2.23. The molecule has 0 unspecified atom stereocenters. The van der Waals surface area contributed by atoms with Crippen LogP contribution in [0.5, 0.6) is 5.75 Å². The molecule has 0 atom stereocenters. The highest BCUT2D eigenvalue weighted by atomic mass is 32.2. The molecule has 5 heteroatoms. The second kappa shape index (κ2) is 8.80. The zero-order valence-electron chi connectivity index (χ0n) is 13.6. The molecule has 0 aliphatic heterocycles. The van der Waals surface area contributed by atoms with Crippen LogP contribution in [0, 0.1) is 11.3 Å². The lowest BCUT2D eigenvalue weighted by Gasteiger charge is -2.07. The van der Waals surface area contributed by atoms with E-state index in [0.29, 0.717) is 6.54 Å². The van der Waals surface area contributed by atoms with E-state index in [0.717, 1.165) is 21.8 Å². The second-order valence-corrected chi connectivity index (χ2v) is 5.80. The normalized spacial score (nSPS) is 10.8. The summed E-state index contributed by atoms with van der Waals surface area (Å²) in [5.41, 5.74) is 1.79. The van der Waals surface area contributed by atoms with Gasteiger partial charge in [-0.15, -0.1) is 11.8 Å². The zero-order chi connectivity index (χ0) is 17.4. The molecule has 0 fully saturated rings. The maximum absolute atomic E-state index is 12.2. The van der Waals surface area contributed by atoms with Crippen LogP contribution in [0.15, 0.2) is 59.0 Å². The predicted molar refractivity (Wildman–Crippen MR) is 96.7 cm³/mol. The minimum Gasteiger partial charge on any atom is -0.496 e. The molecule has 0 saturated carbocycles. The number of thioether (sulfide) groups is 1. The van der Waals surface area contributed by atoms with Crippen LogP contribution in [0.4, 0.5) is 0 Å². The number of amides is 1. The Kier molecular flexibility index (Phi) is 6.47. The Morgan fingerprint density at radius 2 is 2.04 bits per heavy atom. The van der Waals surface area contributed by atoms with Gasteiger partial charge in [-0.05, 0) is 35.6 Å². The van der Waals surface area contributed by atoms with Crippen LogP contribution in [-0.2, 0) is 11.3 Å². The lowest BCUT2D eigenvalue weighted by molar-refractivity contribution is -0.117. The average molecular weight is 338 g/mol. The SMILES string of the molecule is COc1cc(C=C(C#N)C(=O)NCc2ccccc2)ccc1SC. The van der Waals surface area contributed by atoms with E-state index in [2.05, 4.69) is 5.32 Å². The Balaban J connectivity index is 2.13.